The summed E-state index contributed by atoms with van der Waals surface area (Å²) in [6.45, 7) is 5.18. The fourth-order valence-electron chi connectivity index (χ4n) is 4.16. The van der Waals surface area contributed by atoms with Crippen LogP contribution in [0.15, 0.2) is 35.5 Å². The quantitative estimate of drug-likeness (QED) is 0.690. The van der Waals surface area contributed by atoms with E-state index >= 15 is 0 Å². The van der Waals surface area contributed by atoms with Gasteiger partial charge in [0.05, 0.1) is 31.4 Å². The number of nitrogens with zero attached hydrogens (tertiary/aromatic N) is 1. The molecule has 2 fully saturated rings. The summed E-state index contributed by atoms with van der Waals surface area (Å²) in [5.41, 5.74) is 1.73. The number of nitrogens with one attached hydrogen (secondary N) is 2. The van der Waals surface area contributed by atoms with Crippen LogP contribution in [-0.4, -0.2) is 62.1 Å². The van der Waals surface area contributed by atoms with Crippen LogP contribution in [-0.2, 0) is 19.0 Å². The lowest BCUT2D eigenvalue weighted by molar-refractivity contribution is -0.184. The fourth-order valence-corrected chi connectivity index (χ4v) is 4.28. The number of urea groups is 1. The SMILES string of the molecule is CCOC(=O)C1=C(CN2CCC3(CC2)OCCO3)NC(=O)N[C@H]1c1ccc(Cl)cc1. The molecule has 8 nitrogen and oxygen atoms in total. The van der Waals surface area contributed by atoms with Crippen LogP contribution in [0.4, 0.5) is 4.79 Å². The summed E-state index contributed by atoms with van der Waals surface area (Å²) >= 11 is 6.01. The molecule has 0 saturated carbocycles. The maximum Gasteiger partial charge on any atom is 0.338 e. The van der Waals surface area contributed by atoms with Crippen molar-refractivity contribution >= 4 is 23.6 Å². The van der Waals surface area contributed by atoms with Gasteiger partial charge in [-0.2, -0.15) is 0 Å². The zero-order chi connectivity index (χ0) is 21.1. The number of carbonyl (C=O) groups is 2. The summed E-state index contributed by atoms with van der Waals surface area (Å²) in [4.78, 5) is 27.4. The summed E-state index contributed by atoms with van der Waals surface area (Å²) in [5.74, 6) is -0.922. The number of halogens is 1. The zero-order valence-electron chi connectivity index (χ0n) is 16.9. The Bertz CT molecular complexity index is 826. The van der Waals surface area contributed by atoms with Crippen molar-refractivity contribution in [3.05, 3.63) is 46.1 Å². The van der Waals surface area contributed by atoms with Crippen molar-refractivity contribution in [3.63, 3.8) is 0 Å². The highest BCUT2D eigenvalue weighted by atomic mass is 35.5. The molecule has 1 spiro atoms. The summed E-state index contributed by atoms with van der Waals surface area (Å²) in [6, 6.07) is 6.11. The number of esters is 1. The van der Waals surface area contributed by atoms with Gasteiger partial charge in [0.2, 0.25) is 0 Å². The molecule has 1 aromatic carbocycles. The van der Waals surface area contributed by atoms with E-state index in [1.54, 1.807) is 31.2 Å². The van der Waals surface area contributed by atoms with E-state index in [1.807, 2.05) is 0 Å². The van der Waals surface area contributed by atoms with Gasteiger partial charge in [0.15, 0.2) is 5.79 Å². The Morgan fingerprint density at radius 3 is 2.53 bits per heavy atom. The molecular weight excluding hydrogens is 410 g/mol. The lowest BCUT2D eigenvalue weighted by Crippen LogP contribution is -2.51. The molecular formula is C21H26ClN3O5. The van der Waals surface area contributed by atoms with Crippen molar-refractivity contribution in [1.29, 1.82) is 0 Å². The standard InChI is InChI=1S/C21H26ClN3O5/c1-2-28-19(26)17-16(13-25-9-7-21(8-10-25)29-11-12-30-21)23-20(27)24-18(17)14-3-5-15(22)6-4-14/h3-6,18H,2,7-13H2,1H3,(H2,23,24,27)/t18-/m0/s1. The second kappa shape index (κ2) is 8.93. The molecule has 0 aromatic heterocycles. The maximum atomic E-state index is 12.9. The largest absolute Gasteiger partial charge is 0.463 e. The van der Waals surface area contributed by atoms with Gasteiger partial charge >= 0.3 is 12.0 Å². The monoisotopic (exact) mass is 435 g/mol. The Hall–Kier alpha value is -2.13. The van der Waals surface area contributed by atoms with Crippen LogP contribution in [0.25, 0.3) is 0 Å². The number of benzene rings is 1. The molecule has 2 saturated heterocycles. The third-order valence-electron chi connectivity index (χ3n) is 5.67. The minimum Gasteiger partial charge on any atom is -0.463 e. The van der Waals surface area contributed by atoms with E-state index in [-0.39, 0.29) is 12.6 Å². The highest BCUT2D eigenvalue weighted by Gasteiger charge is 2.41. The molecule has 1 aromatic rings. The van der Waals surface area contributed by atoms with Gasteiger partial charge in [0, 0.05) is 43.2 Å². The van der Waals surface area contributed by atoms with Crippen molar-refractivity contribution in [2.45, 2.75) is 31.6 Å². The van der Waals surface area contributed by atoms with Crippen molar-refractivity contribution in [1.82, 2.24) is 15.5 Å². The van der Waals surface area contributed by atoms with Crippen LogP contribution >= 0.6 is 11.6 Å². The van der Waals surface area contributed by atoms with Crippen LogP contribution in [0.2, 0.25) is 5.02 Å². The molecule has 0 radical (unpaired) electrons. The molecule has 162 valence electrons. The maximum absolute atomic E-state index is 12.9. The lowest BCUT2D eigenvalue weighted by atomic mass is 9.94. The van der Waals surface area contributed by atoms with Crippen molar-refractivity contribution in [3.8, 4) is 0 Å². The van der Waals surface area contributed by atoms with E-state index in [9.17, 15) is 9.59 Å². The first-order valence-corrected chi connectivity index (χ1v) is 10.6. The van der Waals surface area contributed by atoms with Crippen LogP contribution in [0, 0.1) is 0 Å². The second-order valence-electron chi connectivity index (χ2n) is 7.58. The molecule has 30 heavy (non-hydrogen) atoms. The van der Waals surface area contributed by atoms with Crippen molar-refractivity contribution < 1.29 is 23.8 Å². The number of ether oxygens (including phenoxy) is 3. The molecule has 9 heteroatoms. The Labute approximate surface area is 180 Å². The normalized spacial score (nSPS) is 23.9. The number of carbonyl (C=O) groups excluding carboxylic acids is 2. The van der Waals surface area contributed by atoms with E-state index in [0.717, 1.165) is 31.5 Å². The first-order chi connectivity index (χ1) is 14.5. The Kier molecular flexibility index (Phi) is 6.29. The smallest absolute Gasteiger partial charge is 0.338 e. The van der Waals surface area contributed by atoms with Crippen molar-refractivity contribution in [2.24, 2.45) is 0 Å². The van der Waals surface area contributed by atoms with Crippen LogP contribution in [0.1, 0.15) is 31.4 Å². The number of hydrogen-bond donors (Lipinski definition) is 2. The number of piperidine rings is 1. The fraction of sp³-hybridized carbons (Fsp3) is 0.524. The third-order valence-corrected chi connectivity index (χ3v) is 5.92. The first-order valence-electron chi connectivity index (χ1n) is 10.2. The Balaban J connectivity index is 1.59. The van der Waals surface area contributed by atoms with Gasteiger partial charge in [0.1, 0.15) is 0 Å². The van der Waals surface area contributed by atoms with Gasteiger partial charge in [-0.15, -0.1) is 0 Å². The average molecular weight is 436 g/mol. The summed E-state index contributed by atoms with van der Waals surface area (Å²) in [6.07, 6.45) is 1.50. The summed E-state index contributed by atoms with van der Waals surface area (Å²) in [7, 11) is 0. The zero-order valence-corrected chi connectivity index (χ0v) is 17.7. The average Bonchev–Trinajstić information content (AvgIpc) is 3.18. The van der Waals surface area contributed by atoms with E-state index in [1.165, 1.54) is 0 Å². The second-order valence-corrected chi connectivity index (χ2v) is 8.02. The van der Waals surface area contributed by atoms with Crippen LogP contribution < -0.4 is 10.6 Å². The molecule has 1 atom stereocenters. The summed E-state index contributed by atoms with van der Waals surface area (Å²) < 4.78 is 16.9. The lowest BCUT2D eigenvalue weighted by Gasteiger charge is -2.39. The third kappa shape index (κ3) is 4.46. The van der Waals surface area contributed by atoms with E-state index in [0.29, 0.717) is 36.1 Å². The minimum absolute atomic E-state index is 0.248. The van der Waals surface area contributed by atoms with Gasteiger partial charge < -0.3 is 24.8 Å². The Morgan fingerprint density at radius 1 is 1.23 bits per heavy atom. The number of amides is 2. The van der Waals surface area contributed by atoms with Gasteiger partial charge in [-0.05, 0) is 24.6 Å². The van der Waals surface area contributed by atoms with E-state index < -0.39 is 17.8 Å². The molecule has 3 aliphatic heterocycles. The predicted octanol–water partition coefficient (Wildman–Crippen LogP) is 2.35. The van der Waals surface area contributed by atoms with Gasteiger partial charge in [-0.25, -0.2) is 9.59 Å². The molecule has 0 bridgehead atoms. The van der Waals surface area contributed by atoms with Crippen molar-refractivity contribution in [2.75, 3.05) is 39.5 Å². The van der Waals surface area contributed by atoms with Gasteiger partial charge in [-0.3, -0.25) is 4.90 Å². The molecule has 4 rings (SSSR count). The Morgan fingerprint density at radius 2 is 1.90 bits per heavy atom. The molecule has 3 aliphatic rings. The highest BCUT2D eigenvalue weighted by molar-refractivity contribution is 6.30. The minimum atomic E-state index is -0.609. The summed E-state index contributed by atoms with van der Waals surface area (Å²) in [5, 5.41) is 6.24. The molecule has 0 unspecified atom stereocenters. The number of likely N-dealkylation sites (tertiary alicyclic amines) is 1. The van der Waals surface area contributed by atoms with E-state index in [2.05, 4.69) is 15.5 Å². The van der Waals surface area contributed by atoms with Gasteiger partial charge in [-0.1, -0.05) is 23.7 Å². The molecule has 2 N–H and O–H groups in total. The van der Waals surface area contributed by atoms with Crippen LogP contribution in [0.3, 0.4) is 0 Å². The molecule has 0 aliphatic carbocycles. The predicted molar refractivity (Wildman–Crippen MR) is 110 cm³/mol. The highest BCUT2D eigenvalue weighted by Crippen LogP contribution is 2.33. The molecule has 3 heterocycles. The first kappa shape index (κ1) is 21.1. The van der Waals surface area contributed by atoms with Crippen LogP contribution in [0.5, 0.6) is 0 Å². The topological polar surface area (TPSA) is 89.1 Å². The van der Waals surface area contributed by atoms with Gasteiger partial charge in [0.25, 0.3) is 0 Å². The number of hydrogen-bond acceptors (Lipinski definition) is 6. The number of rotatable bonds is 5. The molecule has 2 amide bonds. The van der Waals surface area contributed by atoms with E-state index in [4.69, 9.17) is 25.8 Å².